The number of carbonyl (C=O) groups excluding carboxylic acids is 1. The minimum Gasteiger partial charge on any atom is -0.508 e. The lowest BCUT2D eigenvalue weighted by atomic mass is 9.95. The molecule has 154 valence electrons. The molecule has 1 aromatic heterocycles. The summed E-state index contributed by atoms with van der Waals surface area (Å²) in [6, 6.07) is 15.5. The van der Waals surface area contributed by atoms with Gasteiger partial charge in [-0.3, -0.25) is 4.79 Å². The van der Waals surface area contributed by atoms with Crippen molar-refractivity contribution in [3.05, 3.63) is 77.3 Å². The SMILES string of the molecule is CC1=C(C(=O)Nc2ccccc2)C(c2ccc(O)cc2)n2nc(CCCO)nc2N1. The number of hydrogen-bond acceptors (Lipinski definition) is 6. The average Bonchev–Trinajstić information content (AvgIpc) is 3.15. The van der Waals surface area contributed by atoms with Gasteiger partial charge in [-0.25, -0.2) is 4.68 Å². The zero-order valence-corrected chi connectivity index (χ0v) is 16.5. The van der Waals surface area contributed by atoms with Gasteiger partial charge in [-0.05, 0) is 43.2 Å². The molecule has 1 aliphatic rings. The second-order valence-electron chi connectivity index (χ2n) is 7.10. The summed E-state index contributed by atoms with van der Waals surface area (Å²) in [5, 5.41) is 29.6. The highest BCUT2D eigenvalue weighted by Crippen LogP contribution is 2.36. The fourth-order valence-electron chi connectivity index (χ4n) is 3.52. The van der Waals surface area contributed by atoms with Crippen LogP contribution in [-0.2, 0) is 11.2 Å². The van der Waals surface area contributed by atoms with Crippen LogP contribution in [0.2, 0.25) is 0 Å². The molecule has 0 saturated carbocycles. The van der Waals surface area contributed by atoms with E-state index in [1.807, 2.05) is 37.3 Å². The molecule has 8 nitrogen and oxygen atoms in total. The summed E-state index contributed by atoms with van der Waals surface area (Å²) in [5.41, 5.74) is 2.68. The van der Waals surface area contributed by atoms with Crippen molar-refractivity contribution in [2.24, 2.45) is 0 Å². The first-order valence-electron chi connectivity index (χ1n) is 9.76. The summed E-state index contributed by atoms with van der Waals surface area (Å²) < 4.78 is 1.69. The van der Waals surface area contributed by atoms with E-state index in [4.69, 9.17) is 5.11 Å². The standard InChI is InChI=1S/C22H23N5O3/c1-14-19(21(30)24-16-6-3-2-4-7-16)20(15-9-11-17(29)12-10-15)27-22(23-14)25-18(26-27)8-5-13-28/h2-4,6-7,9-12,20,28-29H,5,8,13H2,1H3,(H,24,30)(H,23,25,26). The lowest BCUT2D eigenvalue weighted by Gasteiger charge is -2.28. The van der Waals surface area contributed by atoms with Crippen molar-refractivity contribution in [2.75, 3.05) is 17.2 Å². The first-order valence-corrected chi connectivity index (χ1v) is 9.76. The number of aliphatic hydroxyl groups excluding tert-OH is 1. The number of amides is 1. The summed E-state index contributed by atoms with van der Waals surface area (Å²) in [6.07, 6.45) is 1.09. The molecule has 30 heavy (non-hydrogen) atoms. The van der Waals surface area contributed by atoms with Crippen LogP contribution < -0.4 is 10.6 Å². The second-order valence-corrected chi connectivity index (χ2v) is 7.10. The Morgan fingerprint density at radius 1 is 1.17 bits per heavy atom. The van der Waals surface area contributed by atoms with Gasteiger partial charge in [-0.15, -0.1) is 0 Å². The third-order valence-corrected chi connectivity index (χ3v) is 4.94. The molecule has 1 aliphatic heterocycles. The van der Waals surface area contributed by atoms with Gasteiger partial charge in [0.05, 0.1) is 5.57 Å². The van der Waals surface area contributed by atoms with Gasteiger partial charge in [0.15, 0.2) is 5.82 Å². The predicted octanol–water partition coefficient (Wildman–Crippen LogP) is 2.84. The number of phenols is 1. The molecule has 1 amide bonds. The Morgan fingerprint density at radius 3 is 2.60 bits per heavy atom. The number of anilines is 2. The summed E-state index contributed by atoms with van der Waals surface area (Å²) in [5.74, 6) is 1.02. The number of para-hydroxylation sites is 1. The highest BCUT2D eigenvalue weighted by molar-refractivity contribution is 6.06. The van der Waals surface area contributed by atoms with Gasteiger partial charge < -0.3 is 20.8 Å². The lowest BCUT2D eigenvalue weighted by Crippen LogP contribution is -2.31. The molecule has 0 saturated heterocycles. The van der Waals surface area contributed by atoms with E-state index < -0.39 is 6.04 Å². The Hall–Kier alpha value is -3.65. The van der Waals surface area contributed by atoms with Crippen molar-refractivity contribution in [3.8, 4) is 5.75 Å². The zero-order chi connectivity index (χ0) is 21.1. The summed E-state index contributed by atoms with van der Waals surface area (Å²) in [4.78, 5) is 17.8. The van der Waals surface area contributed by atoms with E-state index in [0.29, 0.717) is 41.6 Å². The lowest BCUT2D eigenvalue weighted by molar-refractivity contribution is -0.113. The molecule has 3 aromatic rings. The molecule has 8 heteroatoms. The first kappa shape index (κ1) is 19.7. The second kappa shape index (κ2) is 8.38. The molecule has 1 atom stereocenters. The van der Waals surface area contributed by atoms with Gasteiger partial charge in [0.25, 0.3) is 5.91 Å². The van der Waals surface area contributed by atoms with Gasteiger partial charge in [0.1, 0.15) is 11.8 Å². The molecule has 0 radical (unpaired) electrons. The summed E-state index contributed by atoms with van der Waals surface area (Å²) in [7, 11) is 0. The molecule has 0 fully saturated rings. The Balaban J connectivity index is 1.75. The maximum Gasteiger partial charge on any atom is 0.255 e. The number of rotatable bonds is 6. The van der Waals surface area contributed by atoms with Crippen LogP contribution in [0.4, 0.5) is 11.6 Å². The summed E-state index contributed by atoms with van der Waals surface area (Å²) >= 11 is 0. The van der Waals surface area contributed by atoms with Gasteiger partial charge >= 0.3 is 0 Å². The number of aromatic nitrogens is 3. The molecule has 4 rings (SSSR count). The number of fused-ring (bicyclic) bond motifs is 1. The first-order chi connectivity index (χ1) is 14.6. The fourth-order valence-corrected chi connectivity index (χ4v) is 3.52. The maximum absolute atomic E-state index is 13.3. The minimum atomic E-state index is -0.513. The molecule has 0 bridgehead atoms. The van der Waals surface area contributed by atoms with Crippen LogP contribution >= 0.6 is 0 Å². The number of carbonyl (C=O) groups is 1. The van der Waals surface area contributed by atoms with Crippen LogP contribution in [0.1, 0.15) is 30.8 Å². The maximum atomic E-state index is 13.3. The number of allylic oxidation sites excluding steroid dienone is 1. The molecule has 0 aliphatic carbocycles. The van der Waals surface area contributed by atoms with Gasteiger partial charge in [-0.1, -0.05) is 30.3 Å². The Kier molecular flexibility index (Phi) is 5.49. The van der Waals surface area contributed by atoms with Gasteiger partial charge in [-0.2, -0.15) is 10.1 Å². The van der Waals surface area contributed by atoms with E-state index in [1.54, 1.807) is 28.9 Å². The number of phenolic OH excluding ortho intramolecular Hbond substituents is 1. The van der Waals surface area contributed by atoms with E-state index in [-0.39, 0.29) is 18.3 Å². The van der Waals surface area contributed by atoms with Crippen molar-refractivity contribution >= 4 is 17.5 Å². The monoisotopic (exact) mass is 405 g/mol. The van der Waals surface area contributed by atoms with Gasteiger partial charge in [0, 0.05) is 24.4 Å². The molecule has 2 aromatic carbocycles. The third-order valence-electron chi connectivity index (χ3n) is 4.94. The number of aryl methyl sites for hydroxylation is 1. The van der Waals surface area contributed by atoms with Gasteiger partial charge in [0.2, 0.25) is 5.95 Å². The van der Waals surface area contributed by atoms with E-state index in [0.717, 1.165) is 5.56 Å². The molecule has 4 N–H and O–H groups in total. The van der Waals surface area contributed by atoms with Crippen molar-refractivity contribution in [1.29, 1.82) is 0 Å². The minimum absolute atomic E-state index is 0.0563. The van der Waals surface area contributed by atoms with Crippen molar-refractivity contribution in [3.63, 3.8) is 0 Å². The number of nitrogens with one attached hydrogen (secondary N) is 2. The molecular weight excluding hydrogens is 382 g/mol. The van der Waals surface area contributed by atoms with Crippen LogP contribution in [0.25, 0.3) is 0 Å². The number of benzene rings is 2. The fraction of sp³-hybridized carbons (Fsp3) is 0.227. The highest BCUT2D eigenvalue weighted by Gasteiger charge is 2.34. The third kappa shape index (κ3) is 3.90. The average molecular weight is 405 g/mol. The smallest absolute Gasteiger partial charge is 0.255 e. The normalized spacial score (nSPS) is 15.5. The molecule has 0 spiro atoms. The van der Waals surface area contributed by atoms with Crippen molar-refractivity contribution in [1.82, 2.24) is 14.8 Å². The topological polar surface area (TPSA) is 112 Å². The van der Waals surface area contributed by atoms with Crippen LogP contribution in [0.5, 0.6) is 5.75 Å². The molecule has 2 heterocycles. The van der Waals surface area contributed by atoms with Crippen LogP contribution in [0, 0.1) is 0 Å². The zero-order valence-electron chi connectivity index (χ0n) is 16.5. The van der Waals surface area contributed by atoms with Crippen LogP contribution in [0.15, 0.2) is 65.9 Å². The Labute approximate surface area is 173 Å². The summed E-state index contributed by atoms with van der Waals surface area (Å²) in [6.45, 7) is 1.89. The largest absolute Gasteiger partial charge is 0.508 e. The number of aliphatic hydroxyl groups is 1. The van der Waals surface area contributed by atoms with Crippen LogP contribution in [-0.4, -0.2) is 37.5 Å². The van der Waals surface area contributed by atoms with E-state index in [2.05, 4.69) is 20.7 Å². The van der Waals surface area contributed by atoms with E-state index in [9.17, 15) is 9.90 Å². The van der Waals surface area contributed by atoms with Crippen molar-refractivity contribution < 1.29 is 15.0 Å². The quantitative estimate of drug-likeness (QED) is 0.502. The van der Waals surface area contributed by atoms with E-state index >= 15 is 0 Å². The number of aromatic hydroxyl groups is 1. The Morgan fingerprint density at radius 2 is 1.90 bits per heavy atom. The van der Waals surface area contributed by atoms with E-state index in [1.165, 1.54) is 0 Å². The van der Waals surface area contributed by atoms with Crippen molar-refractivity contribution in [2.45, 2.75) is 25.8 Å². The molecule has 1 unspecified atom stereocenters. The van der Waals surface area contributed by atoms with Crippen LogP contribution in [0.3, 0.4) is 0 Å². The highest BCUT2D eigenvalue weighted by atomic mass is 16.3. The molecular formula is C22H23N5O3. The number of nitrogens with zero attached hydrogens (tertiary/aromatic N) is 3. The Bertz CT molecular complexity index is 1070. The predicted molar refractivity (Wildman–Crippen MR) is 113 cm³/mol. The number of hydrogen-bond donors (Lipinski definition) is 4.